The summed E-state index contributed by atoms with van der Waals surface area (Å²) in [6.45, 7) is 6.70. The van der Waals surface area contributed by atoms with Crippen LogP contribution in [0.25, 0.3) is 0 Å². The van der Waals surface area contributed by atoms with Crippen molar-refractivity contribution in [3.63, 3.8) is 0 Å². The molecule has 1 atom stereocenters. The number of nitrogens with zero attached hydrogens (tertiary/aromatic N) is 2. The van der Waals surface area contributed by atoms with Crippen molar-refractivity contribution < 1.29 is 22.0 Å². The normalized spacial score (nSPS) is 19.3. The van der Waals surface area contributed by atoms with Crippen molar-refractivity contribution in [1.29, 1.82) is 0 Å². The van der Waals surface area contributed by atoms with Crippen molar-refractivity contribution in [3.8, 4) is 0 Å². The average Bonchev–Trinajstić information content (AvgIpc) is 2.69. The summed E-state index contributed by atoms with van der Waals surface area (Å²) >= 11 is 0. The predicted octanol–water partition coefficient (Wildman–Crippen LogP) is 5.14. The van der Waals surface area contributed by atoms with Crippen molar-refractivity contribution in [2.24, 2.45) is 0 Å². The van der Waals surface area contributed by atoms with Gasteiger partial charge >= 0.3 is 0 Å². The summed E-state index contributed by atoms with van der Waals surface area (Å²) < 4.78 is 70.8. The number of anilines is 2. The van der Waals surface area contributed by atoms with E-state index in [0.717, 1.165) is 0 Å². The first-order valence-electron chi connectivity index (χ1n) is 8.19. The minimum atomic E-state index is -1.06. The molecule has 1 heterocycles. The van der Waals surface area contributed by atoms with Gasteiger partial charge in [-0.2, -0.15) is 0 Å². The zero-order valence-corrected chi connectivity index (χ0v) is 14.9. The molecule has 26 heavy (non-hydrogen) atoms. The Balaban J connectivity index is 2.12. The van der Waals surface area contributed by atoms with E-state index in [0.29, 0.717) is 17.7 Å². The molecule has 0 N–H and O–H groups in total. The molecule has 140 valence electrons. The third-order valence-electron chi connectivity index (χ3n) is 4.71. The molecule has 2 nitrogen and oxygen atoms in total. The van der Waals surface area contributed by atoms with Crippen LogP contribution in [0, 0.1) is 36.0 Å². The van der Waals surface area contributed by atoms with E-state index < -0.39 is 46.5 Å². The second-order valence-electron chi connectivity index (χ2n) is 7.24. The van der Waals surface area contributed by atoms with Gasteiger partial charge in [0, 0.05) is 18.7 Å². The summed E-state index contributed by atoms with van der Waals surface area (Å²) in [5.74, 6) is -4.64. The Labute approximate surface area is 148 Å². The molecule has 0 unspecified atom stereocenters. The summed E-state index contributed by atoms with van der Waals surface area (Å²) in [6, 6.07) is 3.60. The highest BCUT2D eigenvalue weighted by Gasteiger charge is 2.46. The van der Waals surface area contributed by atoms with E-state index in [4.69, 9.17) is 0 Å². The lowest BCUT2D eigenvalue weighted by Gasteiger charge is -2.36. The van der Waals surface area contributed by atoms with Crippen LogP contribution in [0.3, 0.4) is 0 Å². The SMILES string of the molecule is Cc1cc(F)c(N2CC(C)(C)N(c3c(F)cc(F)cc3F)[C@H]2C)c(F)c1. The molecule has 0 radical (unpaired) electrons. The Morgan fingerprint density at radius 2 is 1.31 bits per heavy atom. The van der Waals surface area contributed by atoms with Crippen LogP contribution < -0.4 is 9.80 Å². The van der Waals surface area contributed by atoms with Crippen molar-refractivity contribution >= 4 is 11.4 Å². The Hall–Kier alpha value is -2.31. The zero-order valence-electron chi connectivity index (χ0n) is 14.9. The largest absolute Gasteiger partial charge is 0.344 e. The van der Waals surface area contributed by atoms with Crippen LogP contribution in [-0.4, -0.2) is 18.2 Å². The van der Waals surface area contributed by atoms with Crippen LogP contribution in [-0.2, 0) is 0 Å². The van der Waals surface area contributed by atoms with E-state index in [1.54, 1.807) is 27.7 Å². The minimum Gasteiger partial charge on any atom is -0.344 e. The predicted molar refractivity (Wildman–Crippen MR) is 90.8 cm³/mol. The maximum Gasteiger partial charge on any atom is 0.152 e. The highest BCUT2D eigenvalue weighted by Crippen LogP contribution is 2.41. The number of hydrogen-bond donors (Lipinski definition) is 0. The van der Waals surface area contributed by atoms with Gasteiger partial charge in [0.2, 0.25) is 0 Å². The lowest BCUT2D eigenvalue weighted by molar-refractivity contribution is 0.486. The Morgan fingerprint density at radius 3 is 1.81 bits per heavy atom. The van der Waals surface area contributed by atoms with Gasteiger partial charge in [0.25, 0.3) is 0 Å². The molecule has 0 aromatic heterocycles. The summed E-state index contributed by atoms with van der Waals surface area (Å²) in [7, 11) is 0. The summed E-state index contributed by atoms with van der Waals surface area (Å²) in [4.78, 5) is 2.81. The molecular weight excluding hydrogens is 351 g/mol. The maximum atomic E-state index is 14.4. The Bertz CT molecular complexity index is 819. The second kappa shape index (κ2) is 6.14. The van der Waals surface area contributed by atoms with E-state index in [9.17, 15) is 22.0 Å². The van der Waals surface area contributed by atoms with Crippen molar-refractivity contribution in [2.45, 2.75) is 39.4 Å². The van der Waals surface area contributed by atoms with Crippen molar-refractivity contribution in [1.82, 2.24) is 0 Å². The third-order valence-corrected chi connectivity index (χ3v) is 4.71. The lowest BCUT2D eigenvalue weighted by atomic mass is 10.0. The molecule has 0 saturated carbocycles. The summed E-state index contributed by atoms with van der Waals surface area (Å²) in [5, 5.41) is 0. The minimum absolute atomic E-state index is 0.126. The van der Waals surface area contributed by atoms with E-state index in [1.165, 1.54) is 21.9 Å². The third kappa shape index (κ3) is 2.89. The van der Waals surface area contributed by atoms with Crippen LogP contribution in [0.15, 0.2) is 24.3 Å². The van der Waals surface area contributed by atoms with Gasteiger partial charge in [-0.3, -0.25) is 0 Å². The van der Waals surface area contributed by atoms with Crippen LogP contribution in [0.1, 0.15) is 26.3 Å². The molecule has 1 fully saturated rings. The average molecular weight is 370 g/mol. The molecule has 7 heteroatoms. The fourth-order valence-electron chi connectivity index (χ4n) is 3.76. The van der Waals surface area contributed by atoms with Gasteiger partial charge in [-0.05, 0) is 45.4 Å². The fraction of sp³-hybridized carbons (Fsp3) is 0.368. The molecule has 1 aliphatic heterocycles. The van der Waals surface area contributed by atoms with Gasteiger partial charge in [0.05, 0.1) is 11.7 Å². The molecule has 0 aliphatic carbocycles. The molecule has 1 saturated heterocycles. The molecule has 2 aromatic rings. The number of rotatable bonds is 2. The van der Waals surface area contributed by atoms with E-state index >= 15 is 0 Å². The molecule has 2 aromatic carbocycles. The number of hydrogen-bond acceptors (Lipinski definition) is 2. The first-order valence-corrected chi connectivity index (χ1v) is 8.19. The summed E-state index contributed by atoms with van der Waals surface area (Å²) in [5.41, 5.74) is -1.09. The highest BCUT2D eigenvalue weighted by molar-refractivity contribution is 5.62. The molecule has 1 aliphatic rings. The van der Waals surface area contributed by atoms with Crippen LogP contribution in [0.5, 0.6) is 0 Å². The molecular formula is C19H19F5N2. The molecule has 0 amide bonds. The quantitative estimate of drug-likeness (QED) is 0.676. The van der Waals surface area contributed by atoms with E-state index in [2.05, 4.69) is 0 Å². The van der Waals surface area contributed by atoms with Crippen LogP contribution in [0.4, 0.5) is 33.3 Å². The van der Waals surface area contributed by atoms with Gasteiger partial charge in [0.15, 0.2) is 11.6 Å². The number of halogens is 5. The van der Waals surface area contributed by atoms with Gasteiger partial charge in [-0.25, -0.2) is 22.0 Å². The Kier molecular flexibility index (Phi) is 4.37. The number of aryl methyl sites for hydroxylation is 1. The topological polar surface area (TPSA) is 6.48 Å². The smallest absolute Gasteiger partial charge is 0.152 e. The summed E-state index contributed by atoms with van der Waals surface area (Å²) in [6.07, 6.45) is -0.758. The fourth-order valence-corrected chi connectivity index (χ4v) is 3.76. The van der Waals surface area contributed by atoms with Gasteiger partial charge in [-0.1, -0.05) is 0 Å². The molecule has 0 bridgehead atoms. The molecule has 3 rings (SSSR count). The van der Waals surface area contributed by atoms with Crippen molar-refractivity contribution in [2.75, 3.05) is 16.3 Å². The van der Waals surface area contributed by atoms with Crippen molar-refractivity contribution in [3.05, 3.63) is 58.9 Å². The lowest BCUT2D eigenvalue weighted by Crippen LogP contribution is -2.45. The maximum absolute atomic E-state index is 14.4. The first kappa shape index (κ1) is 18.5. The van der Waals surface area contributed by atoms with Gasteiger partial charge in [0.1, 0.15) is 28.8 Å². The van der Waals surface area contributed by atoms with Crippen LogP contribution in [0.2, 0.25) is 0 Å². The van der Waals surface area contributed by atoms with Crippen LogP contribution >= 0.6 is 0 Å². The van der Waals surface area contributed by atoms with Gasteiger partial charge < -0.3 is 9.80 Å². The van der Waals surface area contributed by atoms with E-state index in [1.807, 2.05) is 0 Å². The highest BCUT2D eigenvalue weighted by atomic mass is 19.2. The monoisotopic (exact) mass is 370 g/mol. The zero-order chi connectivity index (χ0) is 19.4. The second-order valence-corrected chi connectivity index (χ2v) is 7.24. The number of benzene rings is 2. The van der Waals surface area contributed by atoms with E-state index in [-0.39, 0.29) is 12.2 Å². The standard InChI is InChI=1S/C19H19F5N2/c1-10-5-13(21)17(14(22)6-10)25-9-19(3,4)26(11(25)2)18-15(23)7-12(20)8-16(18)24/h5-8,11H,9H2,1-4H3/t11-/m0/s1. The first-order chi connectivity index (χ1) is 12.0. The van der Waals surface area contributed by atoms with Gasteiger partial charge in [-0.15, -0.1) is 0 Å². The Morgan fingerprint density at radius 1 is 0.846 bits per heavy atom. The molecule has 0 spiro atoms.